The number of oxazole rings is 1. The molecule has 2 N–H and O–H groups in total. The number of anilines is 1. The average molecular weight is 381 g/mol. The number of carbonyl (C=O) groups excluding carboxylic acids is 1. The van der Waals surface area contributed by atoms with E-state index in [0.717, 1.165) is 5.56 Å². The van der Waals surface area contributed by atoms with Crippen LogP contribution in [0.15, 0.2) is 70.4 Å². The van der Waals surface area contributed by atoms with Crippen LogP contribution in [0.3, 0.4) is 0 Å². The summed E-state index contributed by atoms with van der Waals surface area (Å²) in [5, 5.41) is 2.72. The fourth-order valence-corrected chi connectivity index (χ4v) is 3.28. The molecule has 0 unspecified atom stereocenters. The van der Waals surface area contributed by atoms with Crippen LogP contribution in [0.2, 0.25) is 0 Å². The molecule has 0 atom stereocenters. The van der Waals surface area contributed by atoms with Crippen LogP contribution in [-0.2, 0) is 10.0 Å². The van der Waals surface area contributed by atoms with Gasteiger partial charge in [-0.05, 0) is 42.5 Å². The molecule has 136 valence electrons. The van der Waals surface area contributed by atoms with Gasteiger partial charge in [-0.3, -0.25) is 4.79 Å². The van der Waals surface area contributed by atoms with Gasteiger partial charge in [-0.2, -0.15) is 4.72 Å². The minimum absolute atomic E-state index is 0.0360. The first-order chi connectivity index (χ1) is 13.0. The molecule has 0 saturated carbocycles. The van der Waals surface area contributed by atoms with Crippen molar-refractivity contribution in [3.8, 4) is 23.7 Å². The van der Waals surface area contributed by atoms with Crippen LogP contribution in [0.25, 0.3) is 11.3 Å². The standard InChI is InChI=1S/C19H15N3O4S/c1-2-10-21-27(24,25)17-5-3-4-15(11-17)19(23)22-16-8-6-14(7-9-16)18-12-20-13-26-18/h1,3-9,11-13,21H,10H2,(H,22,23). The highest BCUT2D eigenvalue weighted by Gasteiger charge is 2.15. The molecule has 0 aliphatic heterocycles. The Hall–Kier alpha value is -3.41. The Bertz CT molecular complexity index is 1080. The summed E-state index contributed by atoms with van der Waals surface area (Å²) in [7, 11) is -3.77. The van der Waals surface area contributed by atoms with E-state index in [1.54, 1.807) is 30.5 Å². The Kier molecular flexibility index (Phi) is 5.35. The van der Waals surface area contributed by atoms with Crippen LogP contribution in [-0.4, -0.2) is 25.9 Å². The summed E-state index contributed by atoms with van der Waals surface area (Å²) in [4.78, 5) is 16.3. The smallest absolute Gasteiger partial charge is 0.255 e. The quantitative estimate of drug-likeness (QED) is 0.639. The number of hydrogen-bond acceptors (Lipinski definition) is 5. The summed E-state index contributed by atoms with van der Waals surface area (Å²) in [6, 6.07) is 12.7. The van der Waals surface area contributed by atoms with Crippen molar-refractivity contribution in [2.24, 2.45) is 0 Å². The van der Waals surface area contributed by atoms with E-state index in [2.05, 4.69) is 20.9 Å². The second-order valence-corrected chi connectivity index (χ2v) is 7.22. The van der Waals surface area contributed by atoms with Crippen molar-refractivity contribution < 1.29 is 17.6 Å². The van der Waals surface area contributed by atoms with Crippen LogP contribution in [0, 0.1) is 12.3 Å². The van der Waals surface area contributed by atoms with E-state index in [9.17, 15) is 13.2 Å². The fourth-order valence-electron chi connectivity index (χ4n) is 2.30. The Balaban J connectivity index is 1.75. The van der Waals surface area contributed by atoms with Crippen LogP contribution in [0.4, 0.5) is 5.69 Å². The molecule has 1 aromatic heterocycles. The molecule has 7 nitrogen and oxygen atoms in total. The normalized spacial score (nSPS) is 10.9. The van der Waals surface area contributed by atoms with E-state index in [4.69, 9.17) is 10.8 Å². The van der Waals surface area contributed by atoms with Crippen molar-refractivity contribution in [2.45, 2.75) is 4.90 Å². The molecule has 0 saturated heterocycles. The number of sulfonamides is 1. The van der Waals surface area contributed by atoms with E-state index in [0.29, 0.717) is 11.4 Å². The molecule has 3 aromatic rings. The molecule has 1 heterocycles. The summed E-state index contributed by atoms with van der Waals surface area (Å²) < 4.78 is 31.7. The summed E-state index contributed by atoms with van der Waals surface area (Å²) in [6.07, 6.45) is 8.00. The fraction of sp³-hybridized carbons (Fsp3) is 0.0526. The molecular weight excluding hydrogens is 366 g/mol. The van der Waals surface area contributed by atoms with Gasteiger partial charge >= 0.3 is 0 Å². The molecule has 2 aromatic carbocycles. The van der Waals surface area contributed by atoms with Crippen LogP contribution < -0.4 is 10.0 Å². The first-order valence-electron chi connectivity index (χ1n) is 7.83. The third-order valence-corrected chi connectivity index (χ3v) is 5.03. The van der Waals surface area contributed by atoms with E-state index in [1.165, 1.54) is 30.7 Å². The average Bonchev–Trinajstić information content (AvgIpc) is 3.22. The van der Waals surface area contributed by atoms with Gasteiger partial charge in [0.15, 0.2) is 12.2 Å². The first kappa shape index (κ1) is 18.4. The zero-order valence-electron chi connectivity index (χ0n) is 14.0. The lowest BCUT2D eigenvalue weighted by Crippen LogP contribution is -2.24. The van der Waals surface area contributed by atoms with E-state index in [-0.39, 0.29) is 17.0 Å². The maximum absolute atomic E-state index is 12.4. The summed E-state index contributed by atoms with van der Waals surface area (Å²) in [5.41, 5.74) is 1.58. The third-order valence-electron chi connectivity index (χ3n) is 3.63. The van der Waals surface area contributed by atoms with Gasteiger partial charge in [0.25, 0.3) is 5.91 Å². The highest BCUT2D eigenvalue weighted by atomic mass is 32.2. The lowest BCUT2D eigenvalue weighted by molar-refractivity contribution is 0.102. The Morgan fingerprint density at radius 1 is 1.19 bits per heavy atom. The number of nitrogens with zero attached hydrogens (tertiary/aromatic N) is 1. The lowest BCUT2D eigenvalue weighted by Gasteiger charge is -2.08. The molecule has 0 fully saturated rings. The number of terminal acetylenes is 1. The Labute approximate surface area is 156 Å². The number of benzene rings is 2. The van der Waals surface area contributed by atoms with Gasteiger partial charge in [0.1, 0.15) is 0 Å². The summed E-state index contributed by atoms with van der Waals surface area (Å²) in [5.74, 6) is 2.38. The summed E-state index contributed by atoms with van der Waals surface area (Å²) >= 11 is 0. The van der Waals surface area contributed by atoms with Gasteiger partial charge in [-0.1, -0.05) is 12.0 Å². The van der Waals surface area contributed by atoms with Crippen LogP contribution >= 0.6 is 0 Å². The Morgan fingerprint density at radius 3 is 2.63 bits per heavy atom. The van der Waals surface area contributed by atoms with Crippen molar-refractivity contribution in [3.63, 3.8) is 0 Å². The molecule has 1 amide bonds. The minimum atomic E-state index is -3.77. The molecule has 3 rings (SSSR count). The highest BCUT2D eigenvalue weighted by Crippen LogP contribution is 2.21. The summed E-state index contributed by atoms with van der Waals surface area (Å²) in [6.45, 7) is -0.129. The second kappa shape index (κ2) is 7.86. The minimum Gasteiger partial charge on any atom is -0.444 e. The maximum Gasteiger partial charge on any atom is 0.255 e. The predicted octanol–water partition coefficient (Wildman–Crippen LogP) is 2.51. The van der Waals surface area contributed by atoms with Gasteiger partial charge in [-0.25, -0.2) is 13.4 Å². The molecule has 0 bridgehead atoms. The van der Waals surface area contributed by atoms with E-state index >= 15 is 0 Å². The van der Waals surface area contributed by atoms with E-state index < -0.39 is 15.9 Å². The highest BCUT2D eigenvalue weighted by molar-refractivity contribution is 7.89. The maximum atomic E-state index is 12.4. The van der Waals surface area contributed by atoms with Gasteiger partial charge in [0.2, 0.25) is 10.0 Å². The lowest BCUT2D eigenvalue weighted by atomic mass is 10.1. The molecule has 27 heavy (non-hydrogen) atoms. The van der Waals surface area contributed by atoms with Crippen LogP contribution in [0.5, 0.6) is 0 Å². The van der Waals surface area contributed by atoms with Crippen LogP contribution in [0.1, 0.15) is 10.4 Å². The van der Waals surface area contributed by atoms with Crippen molar-refractivity contribution in [2.75, 3.05) is 11.9 Å². The number of hydrogen-bond donors (Lipinski definition) is 2. The van der Waals surface area contributed by atoms with E-state index in [1.807, 2.05) is 0 Å². The zero-order chi connectivity index (χ0) is 19.3. The zero-order valence-corrected chi connectivity index (χ0v) is 14.9. The number of rotatable bonds is 6. The van der Waals surface area contributed by atoms with Crippen molar-refractivity contribution in [1.29, 1.82) is 0 Å². The molecule has 0 aliphatic rings. The topological polar surface area (TPSA) is 101 Å². The number of nitrogens with one attached hydrogen (secondary N) is 2. The number of aromatic nitrogens is 1. The monoisotopic (exact) mass is 381 g/mol. The van der Waals surface area contributed by atoms with Crippen molar-refractivity contribution in [3.05, 3.63) is 66.7 Å². The van der Waals surface area contributed by atoms with Gasteiger partial charge in [0, 0.05) is 16.8 Å². The predicted molar refractivity (Wildman–Crippen MR) is 100 cm³/mol. The molecule has 0 radical (unpaired) electrons. The molecule has 8 heteroatoms. The molecular formula is C19H15N3O4S. The van der Waals surface area contributed by atoms with Gasteiger partial charge < -0.3 is 9.73 Å². The SMILES string of the molecule is C#CCNS(=O)(=O)c1cccc(C(=O)Nc2ccc(-c3cnco3)cc2)c1. The van der Waals surface area contributed by atoms with Crippen molar-refractivity contribution >= 4 is 21.6 Å². The Morgan fingerprint density at radius 2 is 1.96 bits per heavy atom. The number of amides is 1. The first-order valence-corrected chi connectivity index (χ1v) is 9.31. The second-order valence-electron chi connectivity index (χ2n) is 5.45. The van der Waals surface area contributed by atoms with Crippen molar-refractivity contribution in [1.82, 2.24) is 9.71 Å². The van der Waals surface area contributed by atoms with Gasteiger partial charge in [0.05, 0.1) is 17.6 Å². The molecule has 0 spiro atoms. The van der Waals surface area contributed by atoms with Gasteiger partial charge in [-0.15, -0.1) is 6.42 Å². The molecule has 0 aliphatic carbocycles. The third kappa shape index (κ3) is 4.41. The number of carbonyl (C=O) groups is 1. The largest absolute Gasteiger partial charge is 0.444 e.